The van der Waals surface area contributed by atoms with E-state index in [-0.39, 0.29) is 11.4 Å². The molecular formula is C14H11FN2O. The molecule has 3 aromatic rings. The summed E-state index contributed by atoms with van der Waals surface area (Å²) < 4.78 is 15.3. The molecule has 0 bridgehead atoms. The summed E-state index contributed by atoms with van der Waals surface area (Å²) in [5, 5.41) is 0. The van der Waals surface area contributed by atoms with Gasteiger partial charge in [0, 0.05) is 0 Å². The zero-order valence-corrected chi connectivity index (χ0v) is 9.77. The van der Waals surface area contributed by atoms with Crippen LogP contribution in [0.1, 0.15) is 5.56 Å². The van der Waals surface area contributed by atoms with Crippen LogP contribution in [0, 0.1) is 12.7 Å². The first-order chi connectivity index (χ1) is 8.66. The summed E-state index contributed by atoms with van der Waals surface area (Å²) in [6.07, 6.45) is 0. The highest BCUT2D eigenvalue weighted by atomic mass is 19.1. The van der Waals surface area contributed by atoms with Gasteiger partial charge in [-0.15, -0.1) is 0 Å². The third kappa shape index (κ3) is 1.54. The third-order valence-corrected chi connectivity index (χ3v) is 2.93. The summed E-state index contributed by atoms with van der Waals surface area (Å²) in [6, 6.07) is 12.0. The molecule has 4 heteroatoms. The fourth-order valence-electron chi connectivity index (χ4n) is 2.09. The number of H-pyrrole nitrogens is 1. The molecule has 0 aliphatic heterocycles. The van der Waals surface area contributed by atoms with E-state index in [9.17, 15) is 9.18 Å². The first-order valence-corrected chi connectivity index (χ1v) is 5.63. The van der Waals surface area contributed by atoms with Crippen LogP contribution in [-0.4, -0.2) is 9.55 Å². The lowest BCUT2D eigenvalue weighted by Gasteiger charge is -2.05. The minimum absolute atomic E-state index is 0.267. The summed E-state index contributed by atoms with van der Waals surface area (Å²) >= 11 is 0. The van der Waals surface area contributed by atoms with Crippen LogP contribution in [0.2, 0.25) is 0 Å². The van der Waals surface area contributed by atoms with Crippen molar-refractivity contribution in [1.82, 2.24) is 9.55 Å². The molecule has 2 aromatic carbocycles. The molecule has 1 heterocycles. The van der Waals surface area contributed by atoms with Gasteiger partial charge in [0.05, 0.1) is 16.7 Å². The summed E-state index contributed by atoms with van der Waals surface area (Å²) in [7, 11) is 0. The molecule has 0 saturated heterocycles. The molecule has 0 atom stereocenters. The summed E-state index contributed by atoms with van der Waals surface area (Å²) in [5.41, 5.74) is 2.12. The summed E-state index contributed by atoms with van der Waals surface area (Å²) in [5.74, 6) is -0.401. The number of nitrogens with zero attached hydrogens (tertiary/aromatic N) is 1. The van der Waals surface area contributed by atoms with Crippen molar-refractivity contribution in [1.29, 1.82) is 0 Å². The largest absolute Gasteiger partial charge is 0.331 e. The Morgan fingerprint density at radius 1 is 1.17 bits per heavy atom. The number of aryl methyl sites for hydroxylation is 1. The van der Waals surface area contributed by atoms with Crippen molar-refractivity contribution in [2.45, 2.75) is 6.92 Å². The minimum Gasteiger partial charge on any atom is -0.305 e. The van der Waals surface area contributed by atoms with Gasteiger partial charge >= 0.3 is 5.69 Å². The van der Waals surface area contributed by atoms with Crippen LogP contribution >= 0.6 is 0 Å². The number of aromatic nitrogens is 2. The van der Waals surface area contributed by atoms with Crippen LogP contribution in [-0.2, 0) is 0 Å². The highest BCUT2D eigenvalue weighted by molar-refractivity contribution is 5.77. The maximum absolute atomic E-state index is 13.9. The first-order valence-electron chi connectivity index (χ1n) is 5.63. The molecule has 90 valence electrons. The Bertz CT molecular complexity index is 786. The number of hydrogen-bond acceptors (Lipinski definition) is 1. The number of benzene rings is 2. The smallest absolute Gasteiger partial charge is 0.305 e. The van der Waals surface area contributed by atoms with E-state index in [2.05, 4.69) is 4.98 Å². The normalized spacial score (nSPS) is 11.0. The average Bonchev–Trinajstić information content (AvgIpc) is 2.66. The van der Waals surface area contributed by atoms with Gasteiger partial charge in [-0.05, 0) is 36.8 Å². The van der Waals surface area contributed by atoms with Gasteiger partial charge in [0.25, 0.3) is 0 Å². The second kappa shape index (κ2) is 3.84. The Morgan fingerprint density at radius 2 is 1.94 bits per heavy atom. The number of para-hydroxylation sites is 2. The quantitative estimate of drug-likeness (QED) is 0.700. The predicted molar refractivity (Wildman–Crippen MR) is 68.6 cm³/mol. The van der Waals surface area contributed by atoms with E-state index >= 15 is 0 Å². The van der Waals surface area contributed by atoms with E-state index < -0.39 is 5.82 Å². The molecular weight excluding hydrogens is 231 g/mol. The predicted octanol–water partition coefficient (Wildman–Crippen LogP) is 2.77. The number of hydrogen-bond donors (Lipinski definition) is 1. The van der Waals surface area contributed by atoms with Crippen molar-refractivity contribution in [2.24, 2.45) is 0 Å². The Morgan fingerprint density at radius 3 is 2.72 bits per heavy atom. The lowest BCUT2D eigenvalue weighted by molar-refractivity contribution is 0.616. The number of rotatable bonds is 1. The van der Waals surface area contributed by atoms with Crippen molar-refractivity contribution in [3.63, 3.8) is 0 Å². The fraction of sp³-hybridized carbons (Fsp3) is 0.0714. The van der Waals surface area contributed by atoms with Crippen LogP contribution in [0.4, 0.5) is 4.39 Å². The molecule has 0 aliphatic rings. The molecule has 1 aromatic heterocycles. The zero-order chi connectivity index (χ0) is 12.7. The van der Waals surface area contributed by atoms with Crippen LogP contribution in [0.3, 0.4) is 0 Å². The standard InChI is InChI=1S/C14H11FN2O/c1-9-6-7-12(10(15)8-9)17-13-5-3-2-4-11(13)16-14(17)18/h2-8H,1H3,(H,16,18). The Balaban J connectivity index is 2.38. The van der Waals surface area contributed by atoms with Gasteiger partial charge < -0.3 is 4.98 Å². The third-order valence-electron chi connectivity index (χ3n) is 2.93. The Hall–Kier alpha value is -2.36. The van der Waals surface area contributed by atoms with E-state index in [1.165, 1.54) is 10.6 Å². The average molecular weight is 242 g/mol. The van der Waals surface area contributed by atoms with E-state index in [0.29, 0.717) is 11.0 Å². The van der Waals surface area contributed by atoms with Crippen LogP contribution in [0.25, 0.3) is 16.7 Å². The van der Waals surface area contributed by atoms with Crippen molar-refractivity contribution in [3.05, 3.63) is 64.3 Å². The molecule has 1 N–H and O–H groups in total. The highest BCUT2D eigenvalue weighted by Crippen LogP contribution is 2.18. The number of halogens is 1. The molecule has 0 spiro atoms. The maximum atomic E-state index is 13.9. The molecule has 0 radical (unpaired) electrons. The van der Waals surface area contributed by atoms with Gasteiger partial charge in [-0.1, -0.05) is 18.2 Å². The van der Waals surface area contributed by atoms with Gasteiger partial charge in [-0.25, -0.2) is 9.18 Å². The molecule has 0 fully saturated rings. The number of nitrogens with one attached hydrogen (secondary N) is 1. The molecule has 0 saturated carbocycles. The second-order valence-electron chi connectivity index (χ2n) is 4.24. The molecule has 0 amide bonds. The second-order valence-corrected chi connectivity index (χ2v) is 4.24. The zero-order valence-electron chi connectivity index (χ0n) is 9.77. The first kappa shape index (κ1) is 10.8. The lowest BCUT2D eigenvalue weighted by atomic mass is 10.2. The van der Waals surface area contributed by atoms with E-state index in [1.54, 1.807) is 24.3 Å². The van der Waals surface area contributed by atoms with Crippen LogP contribution in [0.5, 0.6) is 0 Å². The van der Waals surface area contributed by atoms with Gasteiger partial charge in [-0.2, -0.15) is 0 Å². The van der Waals surface area contributed by atoms with Crippen LogP contribution in [0.15, 0.2) is 47.3 Å². The molecule has 3 nitrogen and oxygen atoms in total. The van der Waals surface area contributed by atoms with Gasteiger partial charge in [0.1, 0.15) is 5.82 Å². The fourth-order valence-corrected chi connectivity index (χ4v) is 2.09. The minimum atomic E-state index is -0.401. The van der Waals surface area contributed by atoms with E-state index in [1.807, 2.05) is 19.1 Å². The number of imidazole rings is 1. The number of aromatic amines is 1. The summed E-state index contributed by atoms with van der Waals surface area (Å²) in [4.78, 5) is 14.6. The SMILES string of the molecule is Cc1ccc(-n2c(=O)[nH]c3ccccc32)c(F)c1. The maximum Gasteiger partial charge on any atom is 0.331 e. The van der Waals surface area contributed by atoms with Crippen molar-refractivity contribution in [2.75, 3.05) is 0 Å². The van der Waals surface area contributed by atoms with Gasteiger partial charge in [0.15, 0.2) is 0 Å². The Kier molecular flexibility index (Phi) is 2.30. The van der Waals surface area contributed by atoms with Gasteiger partial charge in [0.2, 0.25) is 0 Å². The van der Waals surface area contributed by atoms with Crippen molar-refractivity contribution < 1.29 is 4.39 Å². The van der Waals surface area contributed by atoms with Gasteiger partial charge in [-0.3, -0.25) is 4.57 Å². The van der Waals surface area contributed by atoms with Crippen molar-refractivity contribution >= 4 is 11.0 Å². The van der Waals surface area contributed by atoms with Crippen molar-refractivity contribution in [3.8, 4) is 5.69 Å². The molecule has 18 heavy (non-hydrogen) atoms. The van der Waals surface area contributed by atoms with Crippen LogP contribution < -0.4 is 5.69 Å². The topological polar surface area (TPSA) is 37.8 Å². The monoisotopic (exact) mass is 242 g/mol. The molecule has 0 unspecified atom stereocenters. The lowest BCUT2D eigenvalue weighted by Crippen LogP contribution is -2.15. The van der Waals surface area contributed by atoms with E-state index in [4.69, 9.17) is 0 Å². The Labute approximate surface area is 103 Å². The number of fused-ring (bicyclic) bond motifs is 1. The molecule has 3 rings (SSSR count). The highest BCUT2D eigenvalue weighted by Gasteiger charge is 2.11. The van der Waals surface area contributed by atoms with E-state index in [0.717, 1.165) is 5.56 Å². The summed E-state index contributed by atoms with van der Waals surface area (Å²) in [6.45, 7) is 1.81. The molecule has 0 aliphatic carbocycles.